The van der Waals surface area contributed by atoms with Crippen molar-refractivity contribution < 1.29 is 4.79 Å². The smallest absolute Gasteiger partial charge is 0.243 e. The molecule has 1 atom stereocenters. The van der Waals surface area contributed by atoms with E-state index in [9.17, 15) is 4.79 Å². The minimum Gasteiger partial charge on any atom is -0.331 e. The van der Waals surface area contributed by atoms with Crippen molar-refractivity contribution in [3.05, 3.63) is 44.8 Å². The van der Waals surface area contributed by atoms with Crippen LogP contribution in [0.5, 0.6) is 0 Å². The fraction of sp³-hybridized carbons (Fsp3) is 0.438. The number of rotatable bonds is 7. The van der Waals surface area contributed by atoms with Gasteiger partial charge >= 0.3 is 0 Å². The van der Waals surface area contributed by atoms with Crippen molar-refractivity contribution in [2.75, 3.05) is 0 Å². The molecule has 0 aromatic carbocycles. The maximum Gasteiger partial charge on any atom is 0.243 e. The van der Waals surface area contributed by atoms with Crippen LogP contribution in [0, 0.1) is 0 Å². The predicted octanol–water partition coefficient (Wildman–Crippen LogP) is 3.86. The number of nitrogens with zero attached hydrogens (tertiary/aromatic N) is 1. The summed E-state index contributed by atoms with van der Waals surface area (Å²) in [6.45, 7) is 5.16. The summed E-state index contributed by atoms with van der Waals surface area (Å²) in [6.07, 6.45) is 1.61. The Labute approximate surface area is 134 Å². The number of carbonyl (C=O) groups excluding carboxylic acids is 1. The van der Waals surface area contributed by atoms with Crippen LogP contribution in [0.25, 0.3) is 0 Å². The molecule has 5 heteroatoms. The predicted molar refractivity (Wildman–Crippen MR) is 90.4 cm³/mol. The van der Waals surface area contributed by atoms with Gasteiger partial charge in [-0.05, 0) is 36.2 Å². The van der Waals surface area contributed by atoms with E-state index in [1.807, 2.05) is 34.7 Å². The molecule has 114 valence electrons. The highest BCUT2D eigenvalue weighted by Crippen LogP contribution is 2.21. The molecule has 0 aliphatic rings. The van der Waals surface area contributed by atoms with E-state index < -0.39 is 5.54 Å². The van der Waals surface area contributed by atoms with Crippen molar-refractivity contribution in [1.82, 2.24) is 4.90 Å². The van der Waals surface area contributed by atoms with Crippen LogP contribution in [0.3, 0.4) is 0 Å². The van der Waals surface area contributed by atoms with Gasteiger partial charge in [0.05, 0.1) is 18.6 Å². The summed E-state index contributed by atoms with van der Waals surface area (Å²) in [4.78, 5) is 17.1. The van der Waals surface area contributed by atoms with Gasteiger partial charge in [0.15, 0.2) is 0 Å². The topological polar surface area (TPSA) is 46.3 Å². The number of hydrogen-bond acceptors (Lipinski definition) is 4. The van der Waals surface area contributed by atoms with E-state index in [4.69, 9.17) is 5.73 Å². The Morgan fingerprint density at radius 2 is 1.71 bits per heavy atom. The normalized spacial score (nSPS) is 13.9. The Kier molecular flexibility index (Phi) is 5.56. The Morgan fingerprint density at radius 1 is 1.19 bits per heavy atom. The summed E-state index contributed by atoms with van der Waals surface area (Å²) in [5, 5.41) is 4.08. The molecule has 0 saturated heterocycles. The molecule has 2 aromatic heterocycles. The summed E-state index contributed by atoms with van der Waals surface area (Å²) >= 11 is 3.35. The summed E-state index contributed by atoms with van der Waals surface area (Å²) in [5.41, 5.74) is 5.46. The number of hydrogen-bond donors (Lipinski definition) is 1. The van der Waals surface area contributed by atoms with E-state index >= 15 is 0 Å². The second kappa shape index (κ2) is 7.20. The largest absolute Gasteiger partial charge is 0.331 e. The first-order valence-electron chi connectivity index (χ1n) is 7.16. The van der Waals surface area contributed by atoms with E-state index in [2.05, 4.69) is 19.1 Å². The maximum atomic E-state index is 12.8. The van der Waals surface area contributed by atoms with E-state index in [0.717, 1.165) is 6.42 Å². The van der Waals surface area contributed by atoms with Crippen LogP contribution >= 0.6 is 22.7 Å². The molecular weight excluding hydrogens is 300 g/mol. The van der Waals surface area contributed by atoms with Gasteiger partial charge in [0, 0.05) is 9.75 Å². The van der Waals surface area contributed by atoms with Gasteiger partial charge in [-0.15, -0.1) is 22.7 Å². The van der Waals surface area contributed by atoms with Gasteiger partial charge in [0.25, 0.3) is 0 Å². The van der Waals surface area contributed by atoms with Crippen molar-refractivity contribution in [2.24, 2.45) is 5.73 Å². The standard InChI is InChI=1S/C16H22N2OS2/c1-3-8-16(2,17)15(19)18(11-13-6-4-9-20-13)12-14-7-5-10-21-14/h4-7,9-10H,3,8,11-12,17H2,1-2H3. The summed E-state index contributed by atoms with van der Waals surface area (Å²) in [6, 6.07) is 8.16. The van der Waals surface area contributed by atoms with Crippen molar-refractivity contribution in [3.8, 4) is 0 Å². The highest BCUT2D eigenvalue weighted by molar-refractivity contribution is 7.10. The molecule has 0 fully saturated rings. The van der Waals surface area contributed by atoms with Crippen LogP contribution < -0.4 is 5.73 Å². The second-order valence-corrected chi connectivity index (χ2v) is 7.55. The fourth-order valence-electron chi connectivity index (χ4n) is 2.37. The second-order valence-electron chi connectivity index (χ2n) is 5.49. The van der Waals surface area contributed by atoms with Gasteiger partial charge in [-0.25, -0.2) is 0 Å². The van der Waals surface area contributed by atoms with Gasteiger partial charge < -0.3 is 10.6 Å². The molecule has 1 unspecified atom stereocenters. The Hall–Kier alpha value is -1.17. The molecule has 0 aliphatic heterocycles. The first-order chi connectivity index (χ1) is 10.0. The van der Waals surface area contributed by atoms with Crippen LogP contribution in [0.2, 0.25) is 0 Å². The maximum absolute atomic E-state index is 12.8. The molecule has 1 amide bonds. The molecule has 0 spiro atoms. The summed E-state index contributed by atoms with van der Waals surface area (Å²) in [5.74, 6) is 0.0335. The third-order valence-electron chi connectivity index (χ3n) is 3.40. The monoisotopic (exact) mass is 322 g/mol. The highest BCUT2D eigenvalue weighted by atomic mass is 32.1. The van der Waals surface area contributed by atoms with Crippen molar-refractivity contribution in [3.63, 3.8) is 0 Å². The summed E-state index contributed by atoms with van der Waals surface area (Å²) in [7, 11) is 0. The Morgan fingerprint density at radius 3 is 2.10 bits per heavy atom. The number of amides is 1. The molecule has 2 aromatic rings. The molecule has 21 heavy (non-hydrogen) atoms. The zero-order valence-corrected chi connectivity index (χ0v) is 14.2. The van der Waals surface area contributed by atoms with Crippen LogP contribution in [0.4, 0.5) is 0 Å². The highest BCUT2D eigenvalue weighted by Gasteiger charge is 2.32. The molecule has 0 radical (unpaired) electrons. The zero-order valence-electron chi connectivity index (χ0n) is 12.5. The molecule has 2 N–H and O–H groups in total. The van der Waals surface area contributed by atoms with E-state index in [-0.39, 0.29) is 5.91 Å². The van der Waals surface area contributed by atoms with Crippen molar-refractivity contribution >= 4 is 28.6 Å². The average Bonchev–Trinajstić information content (AvgIpc) is 3.10. The lowest BCUT2D eigenvalue weighted by molar-refractivity contribution is -0.137. The van der Waals surface area contributed by atoms with Crippen LogP contribution in [-0.2, 0) is 17.9 Å². The van der Waals surface area contributed by atoms with Crippen LogP contribution in [-0.4, -0.2) is 16.3 Å². The van der Waals surface area contributed by atoms with Gasteiger partial charge in [-0.3, -0.25) is 4.79 Å². The third-order valence-corrected chi connectivity index (χ3v) is 5.12. The van der Waals surface area contributed by atoms with Gasteiger partial charge in [-0.1, -0.05) is 25.5 Å². The summed E-state index contributed by atoms with van der Waals surface area (Å²) < 4.78 is 0. The van der Waals surface area contributed by atoms with Crippen molar-refractivity contribution in [1.29, 1.82) is 0 Å². The lowest BCUT2D eigenvalue weighted by atomic mass is 9.95. The van der Waals surface area contributed by atoms with Crippen LogP contribution in [0.1, 0.15) is 36.4 Å². The first-order valence-corrected chi connectivity index (χ1v) is 8.92. The van der Waals surface area contributed by atoms with E-state index in [0.29, 0.717) is 19.5 Å². The SMILES string of the molecule is CCCC(C)(N)C(=O)N(Cc1cccs1)Cc1cccs1. The van der Waals surface area contributed by atoms with Crippen molar-refractivity contribution in [2.45, 2.75) is 45.3 Å². The molecule has 3 nitrogen and oxygen atoms in total. The van der Waals surface area contributed by atoms with Gasteiger partial charge in [-0.2, -0.15) is 0 Å². The Bertz CT molecular complexity index is 511. The molecule has 2 rings (SSSR count). The van der Waals surface area contributed by atoms with Crippen LogP contribution in [0.15, 0.2) is 35.0 Å². The number of nitrogens with two attached hydrogens (primary N) is 1. The minimum absolute atomic E-state index is 0.0335. The van der Waals surface area contributed by atoms with Gasteiger partial charge in [0.1, 0.15) is 0 Å². The fourth-order valence-corrected chi connectivity index (χ4v) is 3.81. The third kappa shape index (κ3) is 4.40. The first kappa shape index (κ1) is 16.2. The lowest BCUT2D eigenvalue weighted by Crippen LogP contribution is -2.52. The number of carbonyl (C=O) groups is 1. The van der Waals surface area contributed by atoms with E-state index in [1.54, 1.807) is 22.7 Å². The molecule has 0 aliphatic carbocycles. The number of thiophene rings is 2. The molecular formula is C16H22N2OS2. The van der Waals surface area contributed by atoms with E-state index in [1.165, 1.54) is 9.75 Å². The molecule has 0 bridgehead atoms. The zero-order chi connectivity index (χ0) is 15.3. The lowest BCUT2D eigenvalue weighted by Gasteiger charge is -2.31. The quantitative estimate of drug-likeness (QED) is 0.841. The minimum atomic E-state index is -0.788. The molecule has 0 saturated carbocycles. The van der Waals surface area contributed by atoms with Gasteiger partial charge in [0.2, 0.25) is 5.91 Å². The molecule has 2 heterocycles. The average molecular weight is 322 g/mol. The Balaban J connectivity index is 2.16.